The number of nitrogens with zero attached hydrogens (tertiary/aromatic N) is 2. The number of ether oxygens (including phenoxy) is 2. The average Bonchev–Trinajstić information content (AvgIpc) is 2.91. The van der Waals surface area contributed by atoms with Crippen LogP contribution < -0.4 is 9.47 Å². The van der Waals surface area contributed by atoms with Crippen molar-refractivity contribution in [3.8, 4) is 11.5 Å². The van der Waals surface area contributed by atoms with Crippen molar-refractivity contribution in [2.45, 2.75) is 18.4 Å². The van der Waals surface area contributed by atoms with Crippen molar-refractivity contribution in [2.75, 3.05) is 20.3 Å². The molecule has 0 saturated carbocycles. The molecule has 0 saturated heterocycles. The summed E-state index contributed by atoms with van der Waals surface area (Å²) in [6.07, 6.45) is 0. The standard InChI is InChI=1S/C14H16N2O4S2/c1-10-15-11(9-21-10)8-16(2)22(17,18)12-3-4-13-14(7-12)20-6-5-19-13/h3-4,7,9H,5-6,8H2,1-2H3. The highest BCUT2D eigenvalue weighted by Crippen LogP contribution is 2.33. The molecule has 6 nitrogen and oxygen atoms in total. The topological polar surface area (TPSA) is 68.7 Å². The van der Waals surface area contributed by atoms with Gasteiger partial charge in [0.05, 0.1) is 22.1 Å². The first-order valence-electron chi connectivity index (χ1n) is 6.74. The zero-order chi connectivity index (χ0) is 15.7. The Hall–Kier alpha value is -1.64. The first-order chi connectivity index (χ1) is 10.5. The van der Waals surface area contributed by atoms with Crippen LogP contribution >= 0.6 is 11.3 Å². The van der Waals surface area contributed by atoms with Gasteiger partial charge in [-0.3, -0.25) is 0 Å². The van der Waals surface area contributed by atoms with Crippen LogP contribution in [0, 0.1) is 6.92 Å². The molecule has 118 valence electrons. The van der Waals surface area contributed by atoms with Crippen LogP contribution in [0.2, 0.25) is 0 Å². The highest BCUT2D eigenvalue weighted by Gasteiger charge is 2.24. The lowest BCUT2D eigenvalue weighted by Crippen LogP contribution is -2.27. The van der Waals surface area contributed by atoms with E-state index in [-0.39, 0.29) is 11.4 Å². The van der Waals surface area contributed by atoms with Gasteiger partial charge in [0.25, 0.3) is 0 Å². The van der Waals surface area contributed by atoms with Crippen LogP contribution in [0.5, 0.6) is 11.5 Å². The van der Waals surface area contributed by atoms with Crippen molar-refractivity contribution in [2.24, 2.45) is 0 Å². The molecule has 2 heterocycles. The van der Waals surface area contributed by atoms with Gasteiger partial charge in [0.15, 0.2) is 11.5 Å². The van der Waals surface area contributed by atoms with Crippen LogP contribution in [0.3, 0.4) is 0 Å². The zero-order valence-corrected chi connectivity index (χ0v) is 13.9. The molecule has 0 atom stereocenters. The average molecular weight is 340 g/mol. The van der Waals surface area contributed by atoms with E-state index in [9.17, 15) is 8.42 Å². The molecule has 1 aromatic carbocycles. The van der Waals surface area contributed by atoms with E-state index in [4.69, 9.17) is 9.47 Å². The highest BCUT2D eigenvalue weighted by atomic mass is 32.2. The summed E-state index contributed by atoms with van der Waals surface area (Å²) in [5, 5.41) is 2.78. The number of thiazole rings is 1. The normalized spacial score (nSPS) is 14.3. The number of benzene rings is 1. The van der Waals surface area contributed by atoms with E-state index < -0.39 is 10.0 Å². The van der Waals surface area contributed by atoms with Crippen molar-refractivity contribution in [3.63, 3.8) is 0 Å². The van der Waals surface area contributed by atoms with Crippen LogP contribution in [0.25, 0.3) is 0 Å². The molecule has 0 aliphatic carbocycles. The number of fused-ring (bicyclic) bond motifs is 1. The molecule has 22 heavy (non-hydrogen) atoms. The minimum absolute atomic E-state index is 0.186. The quantitative estimate of drug-likeness (QED) is 0.852. The molecule has 0 spiro atoms. The molecular weight excluding hydrogens is 324 g/mol. The summed E-state index contributed by atoms with van der Waals surface area (Å²) >= 11 is 1.50. The third-order valence-corrected chi connectivity index (χ3v) is 5.89. The maximum absolute atomic E-state index is 12.6. The summed E-state index contributed by atoms with van der Waals surface area (Å²) < 4.78 is 37.4. The van der Waals surface area contributed by atoms with Crippen molar-refractivity contribution in [1.82, 2.24) is 9.29 Å². The van der Waals surface area contributed by atoms with Gasteiger partial charge in [-0.25, -0.2) is 13.4 Å². The first-order valence-corrected chi connectivity index (χ1v) is 9.06. The molecule has 3 rings (SSSR count). The molecule has 2 aromatic rings. The van der Waals surface area contributed by atoms with E-state index in [0.717, 1.165) is 10.7 Å². The number of hydrogen-bond donors (Lipinski definition) is 0. The lowest BCUT2D eigenvalue weighted by Gasteiger charge is -2.20. The van der Waals surface area contributed by atoms with Gasteiger partial charge >= 0.3 is 0 Å². The van der Waals surface area contributed by atoms with Gasteiger partial charge in [-0.1, -0.05) is 0 Å². The molecule has 0 amide bonds. The van der Waals surface area contributed by atoms with E-state index in [1.165, 1.54) is 27.8 Å². The summed E-state index contributed by atoms with van der Waals surface area (Å²) in [5.41, 5.74) is 0.742. The molecule has 0 N–H and O–H groups in total. The lowest BCUT2D eigenvalue weighted by molar-refractivity contribution is 0.171. The molecule has 1 aliphatic heterocycles. The molecule has 0 bridgehead atoms. The molecule has 0 fully saturated rings. The van der Waals surface area contributed by atoms with Crippen LogP contribution in [0.1, 0.15) is 10.7 Å². The third kappa shape index (κ3) is 2.94. The van der Waals surface area contributed by atoms with E-state index in [0.29, 0.717) is 24.7 Å². The Labute approximate surface area is 133 Å². The molecular formula is C14H16N2O4S2. The van der Waals surface area contributed by atoms with Crippen LogP contribution in [0.15, 0.2) is 28.5 Å². The highest BCUT2D eigenvalue weighted by molar-refractivity contribution is 7.89. The van der Waals surface area contributed by atoms with Crippen molar-refractivity contribution < 1.29 is 17.9 Å². The predicted octanol–water partition coefficient (Wildman–Crippen LogP) is 2.04. The number of rotatable bonds is 4. The third-order valence-electron chi connectivity index (χ3n) is 3.27. The van der Waals surface area contributed by atoms with E-state index in [1.54, 1.807) is 13.1 Å². The summed E-state index contributed by atoms with van der Waals surface area (Å²) in [7, 11) is -2.06. The molecule has 0 unspecified atom stereocenters. The molecule has 8 heteroatoms. The second-order valence-corrected chi connectivity index (χ2v) is 8.03. The fourth-order valence-corrected chi connectivity index (χ4v) is 3.92. The van der Waals surface area contributed by atoms with Gasteiger partial charge in [-0.15, -0.1) is 11.3 Å². The van der Waals surface area contributed by atoms with Crippen molar-refractivity contribution in [3.05, 3.63) is 34.3 Å². The van der Waals surface area contributed by atoms with Gasteiger partial charge < -0.3 is 9.47 Å². The Morgan fingerprint density at radius 3 is 2.68 bits per heavy atom. The van der Waals surface area contributed by atoms with Gasteiger partial charge in [0, 0.05) is 18.5 Å². The Balaban J connectivity index is 1.85. The molecule has 1 aromatic heterocycles. The Morgan fingerprint density at radius 2 is 2.00 bits per heavy atom. The monoisotopic (exact) mass is 340 g/mol. The Morgan fingerprint density at radius 1 is 1.27 bits per heavy atom. The number of sulfonamides is 1. The minimum atomic E-state index is -3.60. The summed E-state index contributed by atoms with van der Waals surface area (Å²) in [5.74, 6) is 1.04. The van der Waals surface area contributed by atoms with E-state index in [2.05, 4.69) is 4.98 Å². The van der Waals surface area contributed by atoms with Crippen LogP contribution in [-0.4, -0.2) is 38.0 Å². The van der Waals surface area contributed by atoms with Crippen molar-refractivity contribution in [1.29, 1.82) is 0 Å². The largest absolute Gasteiger partial charge is 0.486 e. The number of aromatic nitrogens is 1. The van der Waals surface area contributed by atoms with Gasteiger partial charge in [-0.2, -0.15) is 4.31 Å². The summed E-state index contributed by atoms with van der Waals surface area (Å²) in [6, 6.07) is 4.67. The smallest absolute Gasteiger partial charge is 0.243 e. The lowest BCUT2D eigenvalue weighted by atomic mass is 10.3. The number of hydrogen-bond acceptors (Lipinski definition) is 6. The van der Waals surface area contributed by atoms with Gasteiger partial charge in [0.2, 0.25) is 10.0 Å². The maximum Gasteiger partial charge on any atom is 0.243 e. The summed E-state index contributed by atoms with van der Waals surface area (Å²) in [6.45, 7) is 3.03. The summed E-state index contributed by atoms with van der Waals surface area (Å²) in [4.78, 5) is 4.48. The van der Waals surface area contributed by atoms with Gasteiger partial charge in [-0.05, 0) is 19.1 Å². The van der Waals surface area contributed by atoms with Crippen molar-refractivity contribution >= 4 is 21.4 Å². The van der Waals surface area contributed by atoms with E-state index >= 15 is 0 Å². The fourth-order valence-electron chi connectivity index (χ4n) is 2.16. The first kappa shape index (κ1) is 15.3. The zero-order valence-electron chi connectivity index (χ0n) is 12.3. The Kier molecular flexibility index (Phi) is 4.07. The Bertz CT molecular complexity index is 786. The predicted molar refractivity (Wildman–Crippen MR) is 82.9 cm³/mol. The maximum atomic E-state index is 12.6. The second-order valence-electron chi connectivity index (χ2n) is 4.92. The molecule has 0 radical (unpaired) electrons. The second kappa shape index (κ2) is 5.86. The van der Waals surface area contributed by atoms with Gasteiger partial charge in [0.1, 0.15) is 13.2 Å². The fraction of sp³-hybridized carbons (Fsp3) is 0.357. The molecule has 1 aliphatic rings. The minimum Gasteiger partial charge on any atom is -0.486 e. The SMILES string of the molecule is Cc1nc(CN(C)S(=O)(=O)c2ccc3c(c2)OCCO3)cs1. The van der Waals surface area contributed by atoms with Crippen LogP contribution in [-0.2, 0) is 16.6 Å². The number of aryl methyl sites for hydroxylation is 1. The van der Waals surface area contributed by atoms with E-state index in [1.807, 2.05) is 12.3 Å². The van der Waals surface area contributed by atoms with Crippen LogP contribution in [0.4, 0.5) is 0 Å².